The van der Waals surface area contributed by atoms with Crippen LogP contribution in [0.25, 0.3) is 10.9 Å². The highest BCUT2D eigenvalue weighted by Crippen LogP contribution is 2.20. The minimum Gasteiger partial charge on any atom is -0.324 e. The Kier molecular flexibility index (Phi) is 5.65. The Balaban J connectivity index is 1.60. The van der Waals surface area contributed by atoms with Gasteiger partial charge in [0.25, 0.3) is 0 Å². The Morgan fingerprint density at radius 3 is 2.54 bits per heavy atom. The van der Waals surface area contributed by atoms with Crippen LogP contribution in [-0.2, 0) is 14.8 Å². The third-order valence-corrected chi connectivity index (χ3v) is 5.68. The molecule has 26 heavy (non-hydrogen) atoms. The largest absolute Gasteiger partial charge is 0.324 e. The van der Waals surface area contributed by atoms with Crippen molar-refractivity contribution in [2.45, 2.75) is 11.3 Å². The van der Waals surface area contributed by atoms with Crippen molar-refractivity contribution in [3.63, 3.8) is 0 Å². The van der Waals surface area contributed by atoms with Gasteiger partial charge in [0.05, 0.1) is 16.1 Å². The molecule has 2 N–H and O–H groups in total. The van der Waals surface area contributed by atoms with Crippen LogP contribution in [0.3, 0.4) is 0 Å². The lowest BCUT2D eigenvalue weighted by Crippen LogP contribution is -2.27. The molecule has 1 heterocycles. The number of halogens is 1. The van der Waals surface area contributed by atoms with Crippen molar-refractivity contribution in [1.29, 1.82) is 0 Å². The summed E-state index contributed by atoms with van der Waals surface area (Å²) in [5, 5.41) is 3.69. The molecule has 0 spiro atoms. The molecule has 0 aliphatic heterocycles. The third kappa shape index (κ3) is 4.46. The number of nitrogens with one attached hydrogen (secondary N) is 2. The van der Waals surface area contributed by atoms with Gasteiger partial charge in [0, 0.05) is 29.0 Å². The molecule has 2 aromatic carbocycles. The van der Waals surface area contributed by atoms with Gasteiger partial charge >= 0.3 is 0 Å². The number of hydrogen-bond acceptors (Lipinski definition) is 4. The highest BCUT2D eigenvalue weighted by atomic mass is 79.9. The van der Waals surface area contributed by atoms with E-state index in [9.17, 15) is 13.2 Å². The Bertz CT molecular complexity index is 1030. The van der Waals surface area contributed by atoms with Gasteiger partial charge in [0.1, 0.15) is 0 Å². The molecule has 0 aliphatic carbocycles. The molecular formula is C18H16BrN3O3S. The van der Waals surface area contributed by atoms with Crippen LogP contribution in [0.1, 0.15) is 6.42 Å². The van der Waals surface area contributed by atoms with Crippen LogP contribution in [0.15, 0.2) is 70.2 Å². The number of pyridine rings is 1. The second kappa shape index (κ2) is 7.94. The summed E-state index contributed by atoms with van der Waals surface area (Å²) in [6, 6.07) is 15.5. The van der Waals surface area contributed by atoms with Crippen LogP contribution >= 0.6 is 15.9 Å². The first-order chi connectivity index (χ1) is 12.5. The molecule has 8 heteroatoms. The smallest absolute Gasteiger partial charge is 0.240 e. The van der Waals surface area contributed by atoms with Crippen molar-refractivity contribution in [2.75, 3.05) is 11.9 Å². The first-order valence-electron chi connectivity index (χ1n) is 7.84. The molecule has 6 nitrogen and oxygen atoms in total. The van der Waals surface area contributed by atoms with Gasteiger partial charge in [0.2, 0.25) is 15.9 Å². The molecular weight excluding hydrogens is 418 g/mol. The molecule has 0 radical (unpaired) electrons. The molecule has 0 saturated heterocycles. The Morgan fingerprint density at radius 2 is 1.77 bits per heavy atom. The third-order valence-electron chi connectivity index (χ3n) is 3.67. The van der Waals surface area contributed by atoms with E-state index in [1.165, 1.54) is 12.1 Å². The number of benzene rings is 2. The van der Waals surface area contributed by atoms with E-state index in [1.54, 1.807) is 24.4 Å². The second-order valence-electron chi connectivity index (χ2n) is 5.53. The van der Waals surface area contributed by atoms with Crippen molar-refractivity contribution in [3.8, 4) is 0 Å². The second-order valence-corrected chi connectivity index (χ2v) is 8.21. The molecule has 0 aliphatic rings. The van der Waals surface area contributed by atoms with E-state index >= 15 is 0 Å². The van der Waals surface area contributed by atoms with Crippen LogP contribution in [0, 0.1) is 0 Å². The highest BCUT2D eigenvalue weighted by molar-refractivity contribution is 9.10. The van der Waals surface area contributed by atoms with Crippen LogP contribution in [-0.4, -0.2) is 25.9 Å². The average Bonchev–Trinajstić information content (AvgIpc) is 2.62. The van der Waals surface area contributed by atoms with E-state index < -0.39 is 10.0 Å². The number of amides is 1. The fourth-order valence-corrected chi connectivity index (χ4v) is 3.71. The Morgan fingerprint density at radius 1 is 1.04 bits per heavy atom. The summed E-state index contributed by atoms with van der Waals surface area (Å²) in [6.07, 6.45) is 1.67. The van der Waals surface area contributed by atoms with Crippen LogP contribution < -0.4 is 10.0 Å². The monoisotopic (exact) mass is 433 g/mol. The van der Waals surface area contributed by atoms with Gasteiger partial charge in [-0.3, -0.25) is 9.78 Å². The minimum atomic E-state index is -3.64. The Hall–Kier alpha value is -2.29. The number of anilines is 1. The maximum absolute atomic E-state index is 12.2. The summed E-state index contributed by atoms with van der Waals surface area (Å²) in [7, 11) is -3.64. The maximum atomic E-state index is 12.2. The van der Waals surface area contributed by atoms with Crippen LogP contribution in [0.5, 0.6) is 0 Å². The zero-order valence-corrected chi connectivity index (χ0v) is 16.0. The lowest BCUT2D eigenvalue weighted by molar-refractivity contribution is -0.116. The molecule has 1 aromatic heterocycles. The van der Waals surface area contributed by atoms with E-state index in [2.05, 4.69) is 31.0 Å². The molecule has 3 aromatic rings. The van der Waals surface area contributed by atoms with Crippen molar-refractivity contribution in [1.82, 2.24) is 9.71 Å². The number of para-hydroxylation sites is 1. The quantitative estimate of drug-likeness (QED) is 0.623. The highest BCUT2D eigenvalue weighted by Gasteiger charge is 2.14. The fourth-order valence-electron chi connectivity index (χ4n) is 2.41. The molecule has 0 saturated carbocycles. The summed E-state index contributed by atoms with van der Waals surface area (Å²) < 4.78 is 27.6. The lowest BCUT2D eigenvalue weighted by Gasteiger charge is -2.09. The van der Waals surface area contributed by atoms with Gasteiger partial charge in [-0.25, -0.2) is 13.1 Å². The number of carbonyl (C=O) groups excluding carboxylic acids is 1. The summed E-state index contributed by atoms with van der Waals surface area (Å²) in [6.45, 7) is 0.00241. The number of carbonyl (C=O) groups is 1. The fraction of sp³-hybridized carbons (Fsp3) is 0.111. The van der Waals surface area contributed by atoms with Crippen molar-refractivity contribution in [2.24, 2.45) is 0 Å². The van der Waals surface area contributed by atoms with Crippen molar-refractivity contribution in [3.05, 3.63) is 65.3 Å². The first-order valence-corrected chi connectivity index (χ1v) is 10.1. The number of rotatable bonds is 6. The number of fused-ring (bicyclic) bond motifs is 1. The Labute approximate surface area is 159 Å². The zero-order chi connectivity index (χ0) is 18.6. The first kappa shape index (κ1) is 18.5. The maximum Gasteiger partial charge on any atom is 0.240 e. The number of aromatic nitrogens is 1. The van der Waals surface area contributed by atoms with E-state index in [0.717, 1.165) is 9.86 Å². The van der Waals surface area contributed by atoms with Gasteiger partial charge in [-0.05, 0) is 36.4 Å². The van der Waals surface area contributed by atoms with Crippen molar-refractivity contribution >= 4 is 48.5 Å². The minimum absolute atomic E-state index is 0.00241. The lowest BCUT2D eigenvalue weighted by atomic mass is 10.2. The number of nitrogens with zero attached hydrogens (tertiary/aromatic N) is 1. The topological polar surface area (TPSA) is 88.2 Å². The molecule has 1 amide bonds. The average molecular weight is 434 g/mol. The molecule has 0 bridgehead atoms. The standard InChI is InChI=1S/C18H16BrN3O3S/c19-14-6-8-15(9-7-14)26(24,25)21-12-10-17(23)22-16-5-1-3-13-4-2-11-20-18(13)16/h1-9,11,21H,10,12H2,(H,22,23). The predicted octanol–water partition coefficient (Wildman–Crippen LogP) is 3.30. The normalized spacial score (nSPS) is 11.4. The van der Waals surface area contributed by atoms with E-state index in [0.29, 0.717) is 11.2 Å². The van der Waals surface area contributed by atoms with Gasteiger partial charge < -0.3 is 5.32 Å². The number of sulfonamides is 1. The predicted molar refractivity (Wildman–Crippen MR) is 104 cm³/mol. The molecule has 0 unspecified atom stereocenters. The van der Waals surface area contributed by atoms with Crippen LogP contribution in [0.4, 0.5) is 5.69 Å². The van der Waals surface area contributed by atoms with E-state index in [1.807, 2.05) is 24.3 Å². The van der Waals surface area contributed by atoms with Crippen molar-refractivity contribution < 1.29 is 13.2 Å². The summed E-state index contributed by atoms with van der Waals surface area (Å²) in [5.74, 6) is -0.290. The summed E-state index contributed by atoms with van der Waals surface area (Å²) >= 11 is 3.26. The SMILES string of the molecule is O=C(CCNS(=O)(=O)c1ccc(Br)cc1)Nc1cccc2cccnc12. The molecule has 3 rings (SSSR count). The summed E-state index contributed by atoms with van der Waals surface area (Å²) in [4.78, 5) is 16.6. The van der Waals surface area contributed by atoms with E-state index in [4.69, 9.17) is 0 Å². The van der Waals surface area contributed by atoms with Gasteiger partial charge in [-0.1, -0.05) is 34.1 Å². The van der Waals surface area contributed by atoms with Gasteiger partial charge in [-0.2, -0.15) is 0 Å². The summed E-state index contributed by atoms with van der Waals surface area (Å²) in [5.41, 5.74) is 1.29. The molecule has 134 valence electrons. The van der Waals surface area contributed by atoms with Gasteiger partial charge in [-0.15, -0.1) is 0 Å². The van der Waals surface area contributed by atoms with E-state index in [-0.39, 0.29) is 23.8 Å². The van der Waals surface area contributed by atoms with Crippen LogP contribution in [0.2, 0.25) is 0 Å². The number of hydrogen-bond donors (Lipinski definition) is 2. The van der Waals surface area contributed by atoms with Gasteiger partial charge in [0.15, 0.2) is 0 Å². The zero-order valence-electron chi connectivity index (χ0n) is 13.6. The molecule has 0 fully saturated rings. The molecule has 0 atom stereocenters.